The third kappa shape index (κ3) is 3.01. The summed E-state index contributed by atoms with van der Waals surface area (Å²) in [7, 11) is -3.73. The van der Waals surface area contributed by atoms with Crippen LogP contribution < -0.4 is 0 Å². The van der Waals surface area contributed by atoms with Crippen molar-refractivity contribution in [2.75, 3.05) is 6.54 Å². The average molecular weight is 350 g/mol. The maximum atomic E-state index is 13.9. The molecule has 2 rings (SSSR count). The van der Waals surface area contributed by atoms with Crippen molar-refractivity contribution >= 4 is 26.0 Å². The van der Waals surface area contributed by atoms with Gasteiger partial charge in [-0.2, -0.15) is 4.31 Å². The Morgan fingerprint density at radius 1 is 1.42 bits per heavy atom. The second-order valence-electron chi connectivity index (χ2n) is 4.75. The summed E-state index contributed by atoms with van der Waals surface area (Å²) in [4.78, 5) is -0.226. The van der Waals surface area contributed by atoms with Crippen LogP contribution in [0.15, 0.2) is 27.6 Å². The summed E-state index contributed by atoms with van der Waals surface area (Å²) in [5, 5.41) is 0. The van der Waals surface area contributed by atoms with Gasteiger partial charge >= 0.3 is 0 Å². The Labute approximate surface area is 122 Å². The number of piperidine rings is 1. The SMILES string of the molecule is CCC1CCCCN1S(=O)(=O)c1ccc(Br)cc1F. The molecule has 0 aliphatic carbocycles. The molecule has 1 heterocycles. The lowest BCUT2D eigenvalue weighted by Gasteiger charge is -2.34. The normalized spacial score (nSPS) is 21.5. The molecule has 0 N–H and O–H groups in total. The first-order valence-corrected chi connectivity index (χ1v) is 8.67. The van der Waals surface area contributed by atoms with E-state index in [0.29, 0.717) is 11.0 Å². The molecule has 1 aliphatic rings. The zero-order chi connectivity index (χ0) is 14.0. The highest BCUT2D eigenvalue weighted by atomic mass is 79.9. The van der Waals surface area contributed by atoms with E-state index in [1.54, 1.807) is 6.07 Å². The van der Waals surface area contributed by atoms with Gasteiger partial charge in [0.1, 0.15) is 10.7 Å². The van der Waals surface area contributed by atoms with Crippen LogP contribution >= 0.6 is 15.9 Å². The molecule has 1 aromatic rings. The molecular weight excluding hydrogens is 333 g/mol. The van der Waals surface area contributed by atoms with Gasteiger partial charge in [0.05, 0.1) is 0 Å². The van der Waals surface area contributed by atoms with Crippen LogP contribution in [0, 0.1) is 5.82 Å². The molecule has 1 aliphatic heterocycles. The summed E-state index contributed by atoms with van der Waals surface area (Å²) in [6, 6.07) is 4.07. The Balaban J connectivity index is 2.40. The van der Waals surface area contributed by atoms with E-state index in [0.717, 1.165) is 25.7 Å². The molecule has 0 amide bonds. The third-order valence-electron chi connectivity index (χ3n) is 3.52. The summed E-state index contributed by atoms with van der Waals surface area (Å²) in [5.41, 5.74) is 0. The predicted molar refractivity (Wildman–Crippen MR) is 75.9 cm³/mol. The van der Waals surface area contributed by atoms with Crippen molar-refractivity contribution in [1.82, 2.24) is 4.31 Å². The molecule has 0 bridgehead atoms. The second-order valence-corrected chi connectivity index (χ2v) is 7.52. The van der Waals surface area contributed by atoms with Crippen molar-refractivity contribution in [3.05, 3.63) is 28.5 Å². The van der Waals surface area contributed by atoms with Gasteiger partial charge in [0.25, 0.3) is 0 Å². The van der Waals surface area contributed by atoms with Crippen LogP contribution in [0.2, 0.25) is 0 Å². The van der Waals surface area contributed by atoms with Crippen LogP contribution in [0.25, 0.3) is 0 Å². The molecule has 19 heavy (non-hydrogen) atoms. The van der Waals surface area contributed by atoms with Crippen molar-refractivity contribution in [2.45, 2.75) is 43.5 Å². The minimum Gasteiger partial charge on any atom is -0.207 e. The van der Waals surface area contributed by atoms with Gasteiger partial charge in [-0.1, -0.05) is 29.3 Å². The predicted octanol–water partition coefficient (Wildman–Crippen LogP) is 3.54. The van der Waals surface area contributed by atoms with Crippen molar-refractivity contribution in [3.8, 4) is 0 Å². The Morgan fingerprint density at radius 3 is 2.79 bits per heavy atom. The third-order valence-corrected chi connectivity index (χ3v) is 6.00. The Kier molecular flexibility index (Phi) is 4.63. The smallest absolute Gasteiger partial charge is 0.207 e. The van der Waals surface area contributed by atoms with E-state index in [-0.39, 0.29) is 10.9 Å². The van der Waals surface area contributed by atoms with Crippen molar-refractivity contribution < 1.29 is 12.8 Å². The van der Waals surface area contributed by atoms with Crippen molar-refractivity contribution in [1.29, 1.82) is 0 Å². The Hall–Kier alpha value is -0.460. The Bertz CT molecular complexity index is 562. The van der Waals surface area contributed by atoms with E-state index in [2.05, 4.69) is 15.9 Å². The maximum Gasteiger partial charge on any atom is 0.246 e. The highest BCUT2D eigenvalue weighted by Crippen LogP contribution is 2.29. The number of hydrogen-bond donors (Lipinski definition) is 0. The van der Waals surface area contributed by atoms with E-state index < -0.39 is 15.8 Å². The second kappa shape index (κ2) is 5.89. The molecule has 0 radical (unpaired) electrons. The van der Waals surface area contributed by atoms with Crippen LogP contribution in [-0.2, 0) is 10.0 Å². The molecule has 1 saturated heterocycles. The molecule has 0 saturated carbocycles. The van der Waals surface area contributed by atoms with Gasteiger partial charge in [-0.3, -0.25) is 0 Å². The number of sulfonamides is 1. The first kappa shape index (κ1) is 14.9. The zero-order valence-electron chi connectivity index (χ0n) is 10.8. The van der Waals surface area contributed by atoms with Gasteiger partial charge in [0.15, 0.2) is 0 Å². The highest BCUT2D eigenvalue weighted by Gasteiger charge is 2.34. The number of benzene rings is 1. The topological polar surface area (TPSA) is 37.4 Å². The van der Waals surface area contributed by atoms with Crippen molar-refractivity contribution in [3.63, 3.8) is 0 Å². The molecule has 106 valence electrons. The monoisotopic (exact) mass is 349 g/mol. The maximum absolute atomic E-state index is 13.9. The molecule has 1 atom stereocenters. The first-order chi connectivity index (χ1) is 8.96. The molecule has 1 aromatic carbocycles. The molecule has 0 spiro atoms. The van der Waals surface area contributed by atoms with E-state index in [1.807, 2.05) is 6.92 Å². The van der Waals surface area contributed by atoms with Crippen LogP contribution in [0.4, 0.5) is 4.39 Å². The number of halogens is 2. The number of nitrogens with zero attached hydrogens (tertiary/aromatic N) is 1. The molecule has 0 aromatic heterocycles. The lowest BCUT2D eigenvalue weighted by atomic mass is 10.0. The van der Waals surface area contributed by atoms with Crippen LogP contribution in [-0.4, -0.2) is 25.3 Å². The minimum atomic E-state index is -3.73. The van der Waals surface area contributed by atoms with Gasteiger partial charge in [0.2, 0.25) is 10.0 Å². The number of hydrogen-bond acceptors (Lipinski definition) is 2. The van der Waals surface area contributed by atoms with Gasteiger partial charge in [-0.05, 0) is 37.5 Å². The van der Waals surface area contributed by atoms with Crippen LogP contribution in [0.5, 0.6) is 0 Å². The van der Waals surface area contributed by atoms with Crippen molar-refractivity contribution in [2.24, 2.45) is 0 Å². The largest absolute Gasteiger partial charge is 0.246 e. The molecule has 3 nitrogen and oxygen atoms in total. The van der Waals surface area contributed by atoms with Gasteiger partial charge in [-0.15, -0.1) is 0 Å². The van der Waals surface area contributed by atoms with Crippen LogP contribution in [0.3, 0.4) is 0 Å². The summed E-state index contributed by atoms with van der Waals surface area (Å²) >= 11 is 3.14. The summed E-state index contributed by atoms with van der Waals surface area (Å²) in [5.74, 6) is -0.699. The van der Waals surface area contributed by atoms with Gasteiger partial charge in [0, 0.05) is 17.1 Å². The highest BCUT2D eigenvalue weighted by molar-refractivity contribution is 9.10. The van der Waals surface area contributed by atoms with Gasteiger partial charge in [-0.25, -0.2) is 12.8 Å². The Morgan fingerprint density at radius 2 is 2.16 bits per heavy atom. The van der Waals surface area contributed by atoms with E-state index in [1.165, 1.54) is 16.4 Å². The average Bonchev–Trinajstić information content (AvgIpc) is 2.38. The summed E-state index contributed by atoms with van der Waals surface area (Å²) in [6.07, 6.45) is 3.49. The number of rotatable bonds is 3. The zero-order valence-corrected chi connectivity index (χ0v) is 13.2. The minimum absolute atomic E-state index is 0.0122. The van der Waals surface area contributed by atoms with E-state index in [9.17, 15) is 12.8 Å². The summed E-state index contributed by atoms with van der Waals surface area (Å²) < 4.78 is 41.0. The quantitative estimate of drug-likeness (QED) is 0.836. The van der Waals surface area contributed by atoms with E-state index in [4.69, 9.17) is 0 Å². The van der Waals surface area contributed by atoms with E-state index >= 15 is 0 Å². The van der Waals surface area contributed by atoms with Crippen LogP contribution in [0.1, 0.15) is 32.6 Å². The lowest BCUT2D eigenvalue weighted by Crippen LogP contribution is -2.43. The summed E-state index contributed by atoms with van der Waals surface area (Å²) in [6.45, 7) is 2.45. The molecule has 1 fully saturated rings. The molecule has 6 heteroatoms. The molecule has 1 unspecified atom stereocenters. The van der Waals surface area contributed by atoms with Gasteiger partial charge < -0.3 is 0 Å². The fourth-order valence-electron chi connectivity index (χ4n) is 2.51. The lowest BCUT2D eigenvalue weighted by molar-refractivity contribution is 0.246. The molecular formula is C13H17BrFNO2S. The first-order valence-electron chi connectivity index (χ1n) is 6.43. The fraction of sp³-hybridized carbons (Fsp3) is 0.538. The fourth-order valence-corrected chi connectivity index (χ4v) is 4.66. The standard InChI is InChI=1S/C13H17BrFNO2S/c1-2-11-5-3-4-8-16(11)19(17,18)13-7-6-10(14)9-12(13)15/h6-7,9,11H,2-5,8H2,1H3.